The number of benzene rings is 1. The first-order valence-corrected chi connectivity index (χ1v) is 5.35. The highest BCUT2D eigenvalue weighted by molar-refractivity contribution is 5.46. The van der Waals surface area contributed by atoms with Gasteiger partial charge in [-0.3, -0.25) is 0 Å². The van der Waals surface area contributed by atoms with Crippen molar-refractivity contribution in [2.24, 2.45) is 0 Å². The molecule has 1 aromatic carbocycles. The lowest BCUT2D eigenvalue weighted by Crippen LogP contribution is -2.16. The molecule has 16 heavy (non-hydrogen) atoms. The van der Waals surface area contributed by atoms with E-state index in [0.717, 1.165) is 13.0 Å². The van der Waals surface area contributed by atoms with Crippen molar-refractivity contribution in [3.8, 4) is 0 Å². The van der Waals surface area contributed by atoms with Gasteiger partial charge in [0.15, 0.2) is 0 Å². The van der Waals surface area contributed by atoms with Crippen LogP contribution in [0.3, 0.4) is 0 Å². The van der Waals surface area contributed by atoms with Gasteiger partial charge in [-0.25, -0.2) is 8.78 Å². The fourth-order valence-electron chi connectivity index (χ4n) is 1.40. The smallest absolute Gasteiger partial charge is 0.146 e. The minimum atomic E-state index is -0.399. The molecule has 0 atom stereocenters. The predicted molar refractivity (Wildman–Crippen MR) is 62.8 cm³/mol. The number of hydrogen-bond donors (Lipinski definition) is 1. The van der Waals surface area contributed by atoms with Crippen molar-refractivity contribution in [2.45, 2.75) is 13.3 Å². The third-order valence-electron chi connectivity index (χ3n) is 2.35. The van der Waals surface area contributed by atoms with Crippen LogP contribution in [0.5, 0.6) is 0 Å². The van der Waals surface area contributed by atoms with E-state index in [9.17, 15) is 8.78 Å². The summed E-state index contributed by atoms with van der Waals surface area (Å²) in [6.45, 7) is 3.11. The number of nitrogens with one attached hydrogen (secondary N) is 1. The van der Waals surface area contributed by atoms with Crippen LogP contribution < -0.4 is 5.32 Å². The Hall–Kier alpha value is -1.16. The fraction of sp³-hybridized carbons (Fsp3) is 0.500. The first kappa shape index (κ1) is 12.9. The van der Waals surface area contributed by atoms with Crippen molar-refractivity contribution in [3.63, 3.8) is 0 Å². The molecule has 0 bridgehead atoms. The van der Waals surface area contributed by atoms with Crippen molar-refractivity contribution in [3.05, 3.63) is 29.3 Å². The lowest BCUT2D eigenvalue weighted by atomic mass is 10.2. The standard InChI is InChI=1S/C12H18F2N2/c1-9-7-11(14)12(8-10(9)13)15-5-4-6-16(2)3/h7-8,15H,4-6H2,1-3H3. The molecule has 90 valence electrons. The van der Waals surface area contributed by atoms with Crippen LogP contribution in [0.4, 0.5) is 14.5 Å². The van der Waals surface area contributed by atoms with Gasteiger partial charge in [-0.05, 0) is 45.6 Å². The largest absolute Gasteiger partial charge is 0.383 e. The normalized spacial score (nSPS) is 10.9. The molecule has 0 unspecified atom stereocenters. The van der Waals surface area contributed by atoms with Crippen molar-refractivity contribution < 1.29 is 8.78 Å². The fourth-order valence-corrected chi connectivity index (χ4v) is 1.40. The summed E-state index contributed by atoms with van der Waals surface area (Å²) in [6.07, 6.45) is 0.891. The van der Waals surface area contributed by atoms with Gasteiger partial charge in [-0.1, -0.05) is 0 Å². The van der Waals surface area contributed by atoms with E-state index in [1.165, 1.54) is 12.1 Å². The van der Waals surface area contributed by atoms with E-state index >= 15 is 0 Å². The molecular formula is C12H18F2N2. The number of halogens is 2. The molecule has 1 N–H and O–H groups in total. The van der Waals surface area contributed by atoms with Crippen LogP contribution in [-0.2, 0) is 0 Å². The minimum Gasteiger partial charge on any atom is -0.383 e. The maximum absolute atomic E-state index is 13.4. The summed E-state index contributed by atoms with van der Waals surface area (Å²) in [5.41, 5.74) is 0.568. The van der Waals surface area contributed by atoms with Gasteiger partial charge in [0.25, 0.3) is 0 Å². The van der Waals surface area contributed by atoms with Crippen LogP contribution in [-0.4, -0.2) is 32.1 Å². The monoisotopic (exact) mass is 228 g/mol. The Morgan fingerprint density at radius 1 is 1.19 bits per heavy atom. The first-order chi connectivity index (χ1) is 7.50. The summed E-state index contributed by atoms with van der Waals surface area (Å²) in [5.74, 6) is -0.778. The molecule has 0 amide bonds. The second-order valence-corrected chi connectivity index (χ2v) is 4.16. The third kappa shape index (κ3) is 3.77. The Balaban J connectivity index is 2.51. The summed E-state index contributed by atoms with van der Waals surface area (Å²) in [5, 5.41) is 2.89. The molecule has 0 spiro atoms. The van der Waals surface area contributed by atoms with Gasteiger partial charge in [-0.2, -0.15) is 0 Å². The SMILES string of the molecule is Cc1cc(F)c(NCCCN(C)C)cc1F. The van der Waals surface area contributed by atoms with Crippen LogP contribution in [0.1, 0.15) is 12.0 Å². The summed E-state index contributed by atoms with van der Waals surface area (Å²) >= 11 is 0. The molecule has 4 heteroatoms. The van der Waals surface area contributed by atoms with Crippen LogP contribution in [0.15, 0.2) is 12.1 Å². The third-order valence-corrected chi connectivity index (χ3v) is 2.35. The molecule has 1 rings (SSSR count). The second-order valence-electron chi connectivity index (χ2n) is 4.16. The van der Waals surface area contributed by atoms with E-state index in [-0.39, 0.29) is 11.5 Å². The Kier molecular flexibility index (Phi) is 4.68. The molecule has 0 aliphatic rings. The predicted octanol–water partition coefficient (Wildman–Crippen LogP) is 2.64. The van der Waals surface area contributed by atoms with Gasteiger partial charge in [0.2, 0.25) is 0 Å². The number of anilines is 1. The van der Waals surface area contributed by atoms with E-state index in [0.29, 0.717) is 12.1 Å². The van der Waals surface area contributed by atoms with E-state index < -0.39 is 5.82 Å². The second kappa shape index (κ2) is 5.80. The van der Waals surface area contributed by atoms with Crippen LogP contribution in [0, 0.1) is 18.6 Å². The van der Waals surface area contributed by atoms with E-state index in [1.54, 1.807) is 6.92 Å². The zero-order valence-corrected chi connectivity index (χ0v) is 9.98. The quantitative estimate of drug-likeness (QED) is 0.779. The number of hydrogen-bond acceptors (Lipinski definition) is 2. The molecule has 0 saturated carbocycles. The van der Waals surface area contributed by atoms with Gasteiger partial charge in [0.1, 0.15) is 11.6 Å². The minimum absolute atomic E-state index is 0.238. The molecule has 2 nitrogen and oxygen atoms in total. The average Bonchev–Trinajstić information content (AvgIpc) is 2.19. The highest BCUT2D eigenvalue weighted by Crippen LogP contribution is 2.18. The van der Waals surface area contributed by atoms with Gasteiger partial charge >= 0.3 is 0 Å². The molecule has 0 saturated heterocycles. The lowest BCUT2D eigenvalue weighted by molar-refractivity contribution is 0.405. The zero-order chi connectivity index (χ0) is 12.1. The average molecular weight is 228 g/mol. The summed E-state index contributed by atoms with van der Waals surface area (Å²) in [4.78, 5) is 2.05. The molecule has 0 aliphatic heterocycles. The molecule has 0 fully saturated rings. The Morgan fingerprint density at radius 2 is 1.88 bits per heavy atom. The zero-order valence-electron chi connectivity index (χ0n) is 9.98. The van der Waals surface area contributed by atoms with Gasteiger partial charge in [0.05, 0.1) is 5.69 Å². The molecule has 1 aromatic rings. The topological polar surface area (TPSA) is 15.3 Å². The van der Waals surface area contributed by atoms with Gasteiger partial charge in [-0.15, -0.1) is 0 Å². The van der Waals surface area contributed by atoms with E-state index in [2.05, 4.69) is 5.32 Å². The van der Waals surface area contributed by atoms with E-state index in [4.69, 9.17) is 0 Å². The van der Waals surface area contributed by atoms with Crippen LogP contribution in [0.25, 0.3) is 0 Å². The number of nitrogens with zero attached hydrogens (tertiary/aromatic N) is 1. The molecular weight excluding hydrogens is 210 g/mol. The Morgan fingerprint density at radius 3 is 2.50 bits per heavy atom. The molecule has 0 heterocycles. The van der Waals surface area contributed by atoms with Crippen molar-refractivity contribution >= 4 is 5.69 Å². The summed E-state index contributed by atoms with van der Waals surface area (Å²) < 4.78 is 26.6. The van der Waals surface area contributed by atoms with Crippen LogP contribution in [0.2, 0.25) is 0 Å². The molecule has 0 aromatic heterocycles. The van der Waals surface area contributed by atoms with E-state index in [1.807, 2.05) is 19.0 Å². The number of rotatable bonds is 5. The Labute approximate surface area is 95.3 Å². The lowest BCUT2D eigenvalue weighted by Gasteiger charge is -2.11. The van der Waals surface area contributed by atoms with Crippen LogP contribution >= 0.6 is 0 Å². The maximum Gasteiger partial charge on any atom is 0.146 e. The van der Waals surface area contributed by atoms with Gasteiger partial charge in [0, 0.05) is 12.6 Å². The maximum atomic E-state index is 13.4. The van der Waals surface area contributed by atoms with Crippen molar-refractivity contribution in [1.82, 2.24) is 4.90 Å². The van der Waals surface area contributed by atoms with Gasteiger partial charge < -0.3 is 10.2 Å². The van der Waals surface area contributed by atoms with Crippen molar-refractivity contribution in [2.75, 3.05) is 32.5 Å². The Bertz CT molecular complexity index is 351. The molecule has 0 aliphatic carbocycles. The number of aryl methyl sites for hydroxylation is 1. The first-order valence-electron chi connectivity index (χ1n) is 5.35. The molecule has 0 radical (unpaired) electrons. The highest BCUT2D eigenvalue weighted by atomic mass is 19.1. The summed E-state index contributed by atoms with van der Waals surface area (Å²) in [7, 11) is 3.96. The summed E-state index contributed by atoms with van der Waals surface area (Å²) in [6, 6.07) is 2.42. The highest BCUT2D eigenvalue weighted by Gasteiger charge is 2.06. The van der Waals surface area contributed by atoms with Crippen molar-refractivity contribution in [1.29, 1.82) is 0 Å².